The first kappa shape index (κ1) is 9.97. The Morgan fingerprint density at radius 1 is 1.43 bits per heavy atom. The molecule has 0 unspecified atom stereocenters. The minimum Gasteiger partial charge on any atom is -0.356 e. The summed E-state index contributed by atoms with van der Waals surface area (Å²) in [7, 11) is 0. The minimum absolute atomic E-state index is 0.255. The molecule has 1 heterocycles. The molecule has 80 valence electrons. The smallest absolute Gasteiger partial charge is 0.223 e. The summed E-state index contributed by atoms with van der Waals surface area (Å²) in [6, 6.07) is 0.500. The molecular formula is C11H20N2O. The fourth-order valence-corrected chi connectivity index (χ4v) is 2.08. The number of hydrogen-bond acceptors (Lipinski definition) is 2. The van der Waals surface area contributed by atoms with Gasteiger partial charge in [0.15, 0.2) is 0 Å². The number of carbonyl (C=O) groups is 1. The van der Waals surface area contributed by atoms with E-state index in [4.69, 9.17) is 0 Å². The predicted octanol–water partition coefficient (Wildman–Crippen LogP) is 0.901. The van der Waals surface area contributed by atoms with Crippen molar-refractivity contribution < 1.29 is 4.79 Å². The summed E-state index contributed by atoms with van der Waals surface area (Å²) >= 11 is 0. The molecule has 2 N–H and O–H groups in total. The Morgan fingerprint density at radius 3 is 2.86 bits per heavy atom. The van der Waals surface area contributed by atoms with Crippen LogP contribution in [-0.2, 0) is 4.79 Å². The molecule has 0 spiro atoms. The van der Waals surface area contributed by atoms with Gasteiger partial charge in [-0.3, -0.25) is 4.79 Å². The summed E-state index contributed by atoms with van der Waals surface area (Å²) in [4.78, 5) is 11.7. The van der Waals surface area contributed by atoms with E-state index >= 15 is 0 Å². The Balaban J connectivity index is 1.71. The lowest BCUT2D eigenvalue weighted by atomic mass is 9.92. The van der Waals surface area contributed by atoms with Crippen molar-refractivity contribution in [3.05, 3.63) is 0 Å². The van der Waals surface area contributed by atoms with Crippen LogP contribution in [0.1, 0.15) is 32.6 Å². The molecule has 0 aromatic carbocycles. The minimum atomic E-state index is 0.255. The Kier molecular flexibility index (Phi) is 3.06. The summed E-state index contributed by atoms with van der Waals surface area (Å²) in [6.07, 6.45) is 4.61. The average Bonchev–Trinajstić information content (AvgIpc) is 2.97. The average molecular weight is 196 g/mol. The van der Waals surface area contributed by atoms with Crippen LogP contribution in [0.15, 0.2) is 0 Å². The largest absolute Gasteiger partial charge is 0.356 e. The van der Waals surface area contributed by atoms with E-state index in [9.17, 15) is 4.79 Å². The Morgan fingerprint density at radius 2 is 2.21 bits per heavy atom. The van der Waals surface area contributed by atoms with Gasteiger partial charge >= 0.3 is 0 Å². The second-order valence-electron chi connectivity index (χ2n) is 4.76. The number of nitrogens with one attached hydrogen (secondary N) is 2. The van der Waals surface area contributed by atoms with Gasteiger partial charge in [-0.05, 0) is 45.1 Å². The monoisotopic (exact) mass is 196 g/mol. The third kappa shape index (κ3) is 2.71. The first-order chi connectivity index (χ1) is 6.75. The quantitative estimate of drug-likeness (QED) is 0.704. The van der Waals surface area contributed by atoms with E-state index in [2.05, 4.69) is 17.6 Å². The molecule has 14 heavy (non-hydrogen) atoms. The van der Waals surface area contributed by atoms with E-state index in [0.717, 1.165) is 31.8 Å². The highest BCUT2D eigenvalue weighted by Gasteiger charge is 2.27. The Bertz CT molecular complexity index is 213. The zero-order chi connectivity index (χ0) is 9.97. The lowest BCUT2D eigenvalue weighted by Crippen LogP contribution is -2.42. The van der Waals surface area contributed by atoms with Crippen LogP contribution in [0.4, 0.5) is 0 Å². The molecule has 2 rings (SSSR count). The van der Waals surface area contributed by atoms with Gasteiger partial charge in [-0.1, -0.05) is 0 Å². The molecule has 0 bridgehead atoms. The number of hydrogen-bond donors (Lipinski definition) is 2. The van der Waals surface area contributed by atoms with Crippen molar-refractivity contribution in [3.8, 4) is 0 Å². The third-order valence-electron chi connectivity index (χ3n) is 3.26. The second-order valence-corrected chi connectivity index (χ2v) is 4.76. The zero-order valence-electron chi connectivity index (χ0n) is 8.88. The summed E-state index contributed by atoms with van der Waals surface area (Å²) in [5.74, 6) is 1.33. The van der Waals surface area contributed by atoms with E-state index < -0.39 is 0 Å². The van der Waals surface area contributed by atoms with Crippen molar-refractivity contribution in [1.82, 2.24) is 10.6 Å². The maximum Gasteiger partial charge on any atom is 0.223 e. The van der Waals surface area contributed by atoms with E-state index in [0.29, 0.717) is 6.04 Å². The highest BCUT2D eigenvalue weighted by atomic mass is 16.1. The zero-order valence-corrected chi connectivity index (χ0v) is 8.88. The fraction of sp³-hybridized carbons (Fsp3) is 0.909. The molecule has 1 aliphatic heterocycles. The lowest BCUT2D eigenvalue weighted by Gasteiger charge is -2.27. The van der Waals surface area contributed by atoms with E-state index in [1.807, 2.05) is 0 Å². The molecule has 3 heteroatoms. The fourth-order valence-electron chi connectivity index (χ4n) is 2.08. The van der Waals surface area contributed by atoms with Gasteiger partial charge in [-0.15, -0.1) is 0 Å². The van der Waals surface area contributed by atoms with Gasteiger partial charge in [0, 0.05) is 18.5 Å². The van der Waals surface area contributed by atoms with Gasteiger partial charge in [0.1, 0.15) is 0 Å². The maximum atomic E-state index is 11.7. The first-order valence-electron chi connectivity index (χ1n) is 5.77. The molecule has 0 aromatic heterocycles. The Labute approximate surface area is 85.6 Å². The third-order valence-corrected chi connectivity index (χ3v) is 3.26. The summed E-state index contributed by atoms with van der Waals surface area (Å²) in [5.41, 5.74) is 0. The molecule has 1 saturated heterocycles. The van der Waals surface area contributed by atoms with Gasteiger partial charge < -0.3 is 10.6 Å². The van der Waals surface area contributed by atoms with Crippen molar-refractivity contribution in [2.45, 2.75) is 38.6 Å². The topological polar surface area (TPSA) is 41.1 Å². The van der Waals surface area contributed by atoms with E-state index in [1.165, 1.54) is 12.8 Å². The van der Waals surface area contributed by atoms with Crippen molar-refractivity contribution in [3.63, 3.8) is 0 Å². The number of piperidine rings is 1. The molecule has 0 aromatic rings. The van der Waals surface area contributed by atoms with Crippen molar-refractivity contribution in [2.75, 3.05) is 13.1 Å². The Hall–Kier alpha value is -0.570. The highest BCUT2D eigenvalue weighted by Crippen LogP contribution is 2.27. The second kappa shape index (κ2) is 4.30. The van der Waals surface area contributed by atoms with Crippen molar-refractivity contribution in [1.29, 1.82) is 0 Å². The molecule has 1 amide bonds. The molecule has 2 fully saturated rings. The summed E-state index contributed by atoms with van der Waals surface area (Å²) in [5, 5.41) is 6.43. The highest BCUT2D eigenvalue weighted by molar-refractivity contribution is 5.78. The van der Waals surface area contributed by atoms with Crippen LogP contribution in [0, 0.1) is 11.8 Å². The van der Waals surface area contributed by atoms with Gasteiger partial charge in [0.05, 0.1) is 0 Å². The van der Waals surface area contributed by atoms with Gasteiger partial charge in [0.2, 0.25) is 5.91 Å². The normalized spacial score (nSPS) is 32.6. The van der Waals surface area contributed by atoms with Crippen LogP contribution < -0.4 is 10.6 Å². The van der Waals surface area contributed by atoms with Crippen LogP contribution >= 0.6 is 0 Å². The van der Waals surface area contributed by atoms with E-state index in [-0.39, 0.29) is 11.8 Å². The predicted molar refractivity (Wildman–Crippen MR) is 55.9 cm³/mol. The molecule has 2 aliphatic rings. The van der Waals surface area contributed by atoms with Crippen LogP contribution in [-0.4, -0.2) is 25.0 Å². The first-order valence-corrected chi connectivity index (χ1v) is 5.77. The maximum absolute atomic E-state index is 11.7. The van der Waals surface area contributed by atoms with Crippen molar-refractivity contribution in [2.24, 2.45) is 11.8 Å². The van der Waals surface area contributed by atoms with Gasteiger partial charge in [-0.2, -0.15) is 0 Å². The number of rotatable bonds is 3. The van der Waals surface area contributed by atoms with Crippen LogP contribution in [0.3, 0.4) is 0 Å². The molecule has 1 aliphatic carbocycles. The van der Waals surface area contributed by atoms with Crippen LogP contribution in [0.25, 0.3) is 0 Å². The number of amides is 1. The number of carbonyl (C=O) groups excluding carboxylic acids is 1. The van der Waals surface area contributed by atoms with E-state index in [1.54, 1.807) is 0 Å². The summed E-state index contributed by atoms with van der Waals surface area (Å²) in [6.45, 7) is 4.06. The molecule has 1 saturated carbocycles. The molecule has 0 radical (unpaired) electrons. The molecule has 2 atom stereocenters. The van der Waals surface area contributed by atoms with Gasteiger partial charge in [0.25, 0.3) is 0 Å². The standard InChI is InChI=1S/C11H20N2O/c1-8-6-10(4-5-12-8)11(14)13-7-9-2-3-9/h8-10,12H,2-7H2,1H3,(H,13,14)/t8-,10-/m0/s1. The van der Waals surface area contributed by atoms with Crippen molar-refractivity contribution >= 4 is 5.91 Å². The molecule has 3 nitrogen and oxygen atoms in total. The SMILES string of the molecule is C[C@H]1C[C@@H](C(=O)NCC2CC2)CCN1. The summed E-state index contributed by atoms with van der Waals surface area (Å²) < 4.78 is 0. The van der Waals surface area contributed by atoms with Crippen LogP contribution in [0.2, 0.25) is 0 Å². The molecular weight excluding hydrogens is 176 g/mol. The lowest BCUT2D eigenvalue weighted by molar-refractivity contribution is -0.126. The van der Waals surface area contributed by atoms with Gasteiger partial charge in [-0.25, -0.2) is 0 Å². The van der Waals surface area contributed by atoms with Crippen LogP contribution in [0.5, 0.6) is 0 Å².